The van der Waals surface area contributed by atoms with E-state index in [4.69, 9.17) is 17.3 Å². The molecule has 0 aliphatic rings. The number of carbonyl (C=O) groups is 1. The Balaban J connectivity index is 0.00000441. The van der Waals surface area contributed by atoms with Gasteiger partial charge in [-0.05, 0) is 37.1 Å². The first kappa shape index (κ1) is 21.2. The molecule has 0 aliphatic carbocycles. The number of amides is 1. The molecule has 0 spiro atoms. The molecule has 1 aromatic rings. The highest BCUT2D eigenvalue weighted by Gasteiger charge is 2.30. The van der Waals surface area contributed by atoms with Crippen molar-refractivity contribution in [1.29, 1.82) is 0 Å². The minimum absolute atomic E-state index is 0. The molecule has 1 atom stereocenters. The molecule has 126 valence electrons. The zero-order chi connectivity index (χ0) is 16.3. The number of hydrogen-bond donors (Lipinski definition) is 2. The van der Waals surface area contributed by atoms with E-state index >= 15 is 0 Å². The molecule has 1 aromatic carbocycles. The number of benzene rings is 1. The summed E-state index contributed by atoms with van der Waals surface area (Å²) in [5, 5.41) is 3.15. The molecule has 1 unspecified atom stereocenters. The largest absolute Gasteiger partial charge is 0.349 e. The molecule has 3 N–H and O–H groups in total. The minimum atomic E-state index is -3.69. The summed E-state index contributed by atoms with van der Waals surface area (Å²) in [6.45, 7) is 5.86. The van der Waals surface area contributed by atoms with E-state index in [2.05, 4.69) is 5.32 Å². The van der Waals surface area contributed by atoms with Crippen LogP contribution in [0.3, 0.4) is 0 Å². The average Bonchev–Trinajstić information content (AvgIpc) is 2.37. The number of sulfone groups is 1. The lowest BCUT2D eigenvalue weighted by Gasteiger charge is -2.33. The monoisotopic (exact) mass is 368 g/mol. The summed E-state index contributed by atoms with van der Waals surface area (Å²) in [4.78, 5) is 12.1. The molecule has 1 amide bonds. The molecule has 5 nitrogen and oxygen atoms in total. The Kier molecular flexibility index (Phi) is 7.85. The second kappa shape index (κ2) is 8.15. The fraction of sp³-hybridized carbons (Fsp3) is 0.500. The maximum absolute atomic E-state index is 12.2. The summed E-state index contributed by atoms with van der Waals surface area (Å²) in [5.41, 5.74) is 5.04. The van der Waals surface area contributed by atoms with Gasteiger partial charge in [0.1, 0.15) is 5.75 Å². The maximum Gasteiger partial charge on any atom is 0.236 e. The maximum atomic E-state index is 12.2. The van der Waals surface area contributed by atoms with Crippen LogP contribution in [0.25, 0.3) is 0 Å². The van der Waals surface area contributed by atoms with E-state index in [0.29, 0.717) is 5.02 Å². The number of carbonyl (C=O) groups excluding carboxylic acids is 1. The van der Waals surface area contributed by atoms with Gasteiger partial charge in [0.2, 0.25) is 5.91 Å². The van der Waals surface area contributed by atoms with Gasteiger partial charge in [0.15, 0.2) is 9.84 Å². The first-order valence-corrected chi connectivity index (χ1v) is 8.63. The van der Waals surface area contributed by atoms with Gasteiger partial charge in [-0.15, -0.1) is 12.4 Å². The van der Waals surface area contributed by atoms with E-state index in [1.165, 1.54) is 24.3 Å². The second-order valence-electron chi connectivity index (χ2n) is 5.54. The zero-order valence-electron chi connectivity index (χ0n) is 12.8. The van der Waals surface area contributed by atoms with Crippen LogP contribution < -0.4 is 11.1 Å². The van der Waals surface area contributed by atoms with Crippen molar-refractivity contribution in [3.8, 4) is 0 Å². The summed E-state index contributed by atoms with van der Waals surface area (Å²) in [5.74, 6) is -1.09. The molecule has 0 saturated heterocycles. The van der Waals surface area contributed by atoms with Crippen molar-refractivity contribution in [2.24, 2.45) is 11.7 Å². The Bertz CT molecular complexity index is 603. The Morgan fingerprint density at radius 2 is 1.82 bits per heavy atom. The van der Waals surface area contributed by atoms with Gasteiger partial charge in [-0.25, -0.2) is 8.42 Å². The third-order valence-electron chi connectivity index (χ3n) is 3.62. The van der Waals surface area contributed by atoms with Crippen LogP contribution in [0.4, 0.5) is 0 Å². The van der Waals surface area contributed by atoms with E-state index in [1.807, 2.05) is 13.8 Å². The molecule has 0 aromatic heterocycles. The Hall–Kier alpha value is -0.820. The number of nitrogens with two attached hydrogens (primary N) is 1. The predicted octanol–water partition coefficient (Wildman–Crippen LogP) is 2.03. The van der Waals surface area contributed by atoms with Crippen LogP contribution in [0.2, 0.25) is 5.02 Å². The van der Waals surface area contributed by atoms with Gasteiger partial charge in [-0.2, -0.15) is 0 Å². The average molecular weight is 369 g/mol. The SMILES string of the molecule is CC(C)C(C)(CN)NC(=O)CS(=O)(=O)c1ccc(Cl)cc1.Cl. The summed E-state index contributed by atoms with van der Waals surface area (Å²) >= 11 is 5.72. The quantitative estimate of drug-likeness (QED) is 0.803. The first-order valence-electron chi connectivity index (χ1n) is 6.60. The zero-order valence-corrected chi connectivity index (χ0v) is 15.2. The van der Waals surface area contributed by atoms with Gasteiger partial charge in [-0.1, -0.05) is 25.4 Å². The van der Waals surface area contributed by atoms with Gasteiger partial charge in [0.25, 0.3) is 0 Å². The standard InChI is InChI=1S/C14H21ClN2O3S.ClH/c1-10(2)14(3,9-16)17-13(18)8-21(19,20)12-6-4-11(15)5-7-12;/h4-7,10H,8-9,16H2,1-3H3,(H,17,18);1H. The lowest BCUT2D eigenvalue weighted by atomic mass is 9.88. The molecule has 0 heterocycles. The van der Waals surface area contributed by atoms with E-state index in [0.717, 1.165) is 0 Å². The van der Waals surface area contributed by atoms with Crippen LogP contribution in [0.5, 0.6) is 0 Å². The van der Waals surface area contributed by atoms with E-state index in [-0.39, 0.29) is 29.8 Å². The molecule has 22 heavy (non-hydrogen) atoms. The van der Waals surface area contributed by atoms with Crippen molar-refractivity contribution in [2.75, 3.05) is 12.3 Å². The Morgan fingerprint density at radius 1 is 1.32 bits per heavy atom. The molecular formula is C14H22Cl2N2O3S. The van der Waals surface area contributed by atoms with Crippen LogP contribution in [-0.4, -0.2) is 32.2 Å². The van der Waals surface area contributed by atoms with Crippen LogP contribution in [0.15, 0.2) is 29.2 Å². The van der Waals surface area contributed by atoms with Gasteiger partial charge in [0.05, 0.1) is 10.4 Å². The van der Waals surface area contributed by atoms with Crippen molar-refractivity contribution < 1.29 is 13.2 Å². The second-order valence-corrected chi connectivity index (χ2v) is 7.96. The lowest BCUT2D eigenvalue weighted by Crippen LogP contribution is -2.56. The van der Waals surface area contributed by atoms with Gasteiger partial charge in [-0.3, -0.25) is 4.79 Å². The van der Waals surface area contributed by atoms with Crippen LogP contribution in [0.1, 0.15) is 20.8 Å². The van der Waals surface area contributed by atoms with Crippen molar-refractivity contribution in [3.05, 3.63) is 29.3 Å². The topological polar surface area (TPSA) is 89.3 Å². The summed E-state index contributed by atoms with van der Waals surface area (Å²) < 4.78 is 24.3. The smallest absolute Gasteiger partial charge is 0.236 e. The molecule has 8 heteroatoms. The highest BCUT2D eigenvalue weighted by molar-refractivity contribution is 7.92. The van der Waals surface area contributed by atoms with Crippen molar-refractivity contribution in [3.63, 3.8) is 0 Å². The van der Waals surface area contributed by atoms with Gasteiger partial charge >= 0.3 is 0 Å². The van der Waals surface area contributed by atoms with Gasteiger partial charge in [0, 0.05) is 11.6 Å². The van der Waals surface area contributed by atoms with Crippen LogP contribution >= 0.6 is 24.0 Å². The molecule has 0 radical (unpaired) electrons. The third kappa shape index (κ3) is 5.43. The third-order valence-corrected chi connectivity index (χ3v) is 5.50. The Morgan fingerprint density at radius 3 is 2.23 bits per heavy atom. The summed E-state index contributed by atoms with van der Waals surface area (Å²) in [7, 11) is -3.69. The molecule has 0 fully saturated rings. The van der Waals surface area contributed by atoms with Crippen molar-refractivity contribution in [1.82, 2.24) is 5.32 Å². The lowest BCUT2D eigenvalue weighted by molar-refractivity contribution is -0.120. The molecular weight excluding hydrogens is 347 g/mol. The number of hydrogen-bond acceptors (Lipinski definition) is 4. The minimum Gasteiger partial charge on any atom is -0.349 e. The highest BCUT2D eigenvalue weighted by atomic mass is 35.5. The van der Waals surface area contributed by atoms with Crippen molar-refractivity contribution in [2.45, 2.75) is 31.2 Å². The van der Waals surface area contributed by atoms with E-state index in [9.17, 15) is 13.2 Å². The predicted molar refractivity (Wildman–Crippen MR) is 91.2 cm³/mol. The van der Waals surface area contributed by atoms with Gasteiger partial charge < -0.3 is 11.1 Å². The fourth-order valence-corrected chi connectivity index (χ4v) is 2.94. The van der Waals surface area contributed by atoms with E-state index < -0.39 is 27.0 Å². The summed E-state index contributed by atoms with van der Waals surface area (Å²) in [6.07, 6.45) is 0. The Labute approximate surface area is 142 Å². The fourth-order valence-electron chi connectivity index (χ4n) is 1.68. The first-order chi connectivity index (χ1) is 9.60. The highest BCUT2D eigenvalue weighted by Crippen LogP contribution is 2.17. The van der Waals surface area contributed by atoms with Crippen molar-refractivity contribution >= 4 is 39.8 Å². The van der Waals surface area contributed by atoms with Crippen LogP contribution in [-0.2, 0) is 14.6 Å². The molecule has 0 aliphatic heterocycles. The molecule has 0 bridgehead atoms. The van der Waals surface area contributed by atoms with Crippen LogP contribution in [0, 0.1) is 5.92 Å². The number of halogens is 2. The normalized spacial score (nSPS) is 14.1. The molecule has 1 rings (SSSR count). The summed E-state index contributed by atoms with van der Waals surface area (Å²) in [6, 6.07) is 5.72. The van der Waals surface area contributed by atoms with E-state index in [1.54, 1.807) is 6.92 Å². The number of rotatable bonds is 6. The number of nitrogens with one attached hydrogen (secondary N) is 1. The molecule has 0 saturated carbocycles.